The Hall–Kier alpha value is -2.95. The van der Waals surface area contributed by atoms with Gasteiger partial charge in [0.15, 0.2) is 0 Å². The molecule has 2 aromatic carbocycles. The third kappa shape index (κ3) is 3.54. The van der Waals surface area contributed by atoms with Gasteiger partial charge in [0.1, 0.15) is 5.75 Å². The predicted octanol–water partition coefficient (Wildman–Crippen LogP) is 2.18. The number of ether oxygens (including phenoxy) is 1. The van der Waals surface area contributed by atoms with E-state index in [1.807, 2.05) is 24.3 Å². The molecule has 0 spiro atoms. The summed E-state index contributed by atoms with van der Waals surface area (Å²) < 4.78 is 5.08. The number of benzene rings is 2. The van der Waals surface area contributed by atoms with Gasteiger partial charge in [-0.2, -0.15) is 0 Å². The van der Waals surface area contributed by atoms with E-state index in [9.17, 15) is 4.79 Å². The van der Waals surface area contributed by atoms with Crippen LogP contribution in [-0.4, -0.2) is 13.0 Å². The Labute approximate surface area is 123 Å². The van der Waals surface area contributed by atoms with Crippen molar-refractivity contribution in [3.63, 3.8) is 0 Å². The standard InChI is InChI=1S/C16H17N3O2/c1-11(12-7-9-13(21-2)10-8-12)18-19-16(20)14-5-3-4-6-15(14)17/h3-10,18H,1,17H2,2H3,(H,19,20). The fourth-order valence-electron chi connectivity index (χ4n) is 1.77. The van der Waals surface area contributed by atoms with Gasteiger partial charge < -0.3 is 10.5 Å². The molecule has 2 aromatic rings. The quantitative estimate of drug-likeness (QED) is 0.580. The summed E-state index contributed by atoms with van der Waals surface area (Å²) in [6, 6.07) is 14.2. The van der Waals surface area contributed by atoms with E-state index in [1.165, 1.54) is 0 Å². The Morgan fingerprint density at radius 3 is 2.38 bits per heavy atom. The minimum atomic E-state index is -0.317. The van der Waals surface area contributed by atoms with Crippen molar-refractivity contribution >= 4 is 17.3 Å². The number of hydrogen-bond donors (Lipinski definition) is 3. The SMILES string of the molecule is C=C(NNC(=O)c1ccccc1N)c1ccc(OC)cc1. The number of carbonyl (C=O) groups excluding carboxylic acids is 1. The highest BCUT2D eigenvalue weighted by atomic mass is 16.5. The minimum Gasteiger partial charge on any atom is -0.497 e. The van der Waals surface area contributed by atoms with Gasteiger partial charge in [0, 0.05) is 5.69 Å². The molecule has 2 rings (SSSR count). The van der Waals surface area contributed by atoms with E-state index in [2.05, 4.69) is 17.4 Å². The van der Waals surface area contributed by atoms with Crippen LogP contribution in [0.2, 0.25) is 0 Å². The fraction of sp³-hybridized carbons (Fsp3) is 0.0625. The molecule has 0 aliphatic carbocycles. The molecule has 21 heavy (non-hydrogen) atoms. The summed E-state index contributed by atoms with van der Waals surface area (Å²) in [7, 11) is 1.60. The second kappa shape index (κ2) is 6.47. The van der Waals surface area contributed by atoms with Gasteiger partial charge >= 0.3 is 0 Å². The van der Waals surface area contributed by atoms with Gasteiger partial charge in [0.05, 0.1) is 18.4 Å². The molecule has 0 aromatic heterocycles. The number of hydrogen-bond acceptors (Lipinski definition) is 4. The zero-order valence-corrected chi connectivity index (χ0v) is 11.7. The summed E-state index contributed by atoms with van der Waals surface area (Å²) in [5.41, 5.74) is 13.3. The maximum Gasteiger partial charge on any atom is 0.271 e. The van der Waals surface area contributed by atoms with Crippen LogP contribution in [0.1, 0.15) is 15.9 Å². The molecule has 4 N–H and O–H groups in total. The van der Waals surface area contributed by atoms with Crippen LogP contribution in [0.4, 0.5) is 5.69 Å². The van der Waals surface area contributed by atoms with Gasteiger partial charge in [-0.3, -0.25) is 15.6 Å². The Kier molecular flexibility index (Phi) is 4.46. The smallest absolute Gasteiger partial charge is 0.271 e. The Balaban J connectivity index is 1.97. The van der Waals surface area contributed by atoms with Crippen LogP contribution in [0.25, 0.3) is 5.70 Å². The van der Waals surface area contributed by atoms with E-state index >= 15 is 0 Å². The molecule has 0 radical (unpaired) electrons. The van der Waals surface area contributed by atoms with Gasteiger partial charge in [0.2, 0.25) is 0 Å². The summed E-state index contributed by atoms with van der Waals surface area (Å²) >= 11 is 0. The molecule has 0 saturated heterocycles. The first kappa shape index (κ1) is 14.5. The first-order valence-electron chi connectivity index (χ1n) is 6.36. The highest BCUT2D eigenvalue weighted by molar-refractivity contribution is 5.99. The van der Waals surface area contributed by atoms with Crippen LogP contribution in [0.3, 0.4) is 0 Å². The molecule has 0 heterocycles. The van der Waals surface area contributed by atoms with Crippen molar-refractivity contribution in [2.24, 2.45) is 0 Å². The molecule has 0 bridgehead atoms. The topological polar surface area (TPSA) is 76.4 Å². The number of amides is 1. The Bertz CT molecular complexity index is 651. The number of nitrogen functional groups attached to an aromatic ring is 1. The summed E-state index contributed by atoms with van der Waals surface area (Å²) in [5, 5.41) is 0. The van der Waals surface area contributed by atoms with Gasteiger partial charge in [-0.05, 0) is 42.0 Å². The number of methoxy groups -OCH3 is 1. The van der Waals surface area contributed by atoms with Crippen LogP contribution < -0.4 is 21.3 Å². The zero-order chi connectivity index (χ0) is 15.2. The van der Waals surface area contributed by atoms with E-state index < -0.39 is 0 Å². The molecule has 1 amide bonds. The lowest BCUT2D eigenvalue weighted by atomic mass is 10.1. The third-order valence-electron chi connectivity index (χ3n) is 2.97. The molecule has 0 aliphatic rings. The minimum absolute atomic E-state index is 0.317. The summed E-state index contributed by atoms with van der Waals surface area (Å²) in [5.74, 6) is 0.440. The summed E-state index contributed by atoms with van der Waals surface area (Å²) in [6.45, 7) is 3.87. The van der Waals surface area contributed by atoms with Crippen LogP contribution >= 0.6 is 0 Å². The number of carbonyl (C=O) groups is 1. The van der Waals surface area contributed by atoms with Gasteiger partial charge in [-0.15, -0.1) is 0 Å². The van der Waals surface area contributed by atoms with E-state index in [-0.39, 0.29) is 5.91 Å². The monoisotopic (exact) mass is 283 g/mol. The average Bonchev–Trinajstić information content (AvgIpc) is 2.52. The van der Waals surface area contributed by atoms with Crippen LogP contribution in [0.15, 0.2) is 55.1 Å². The van der Waals surface area contributed by atoms with Gasteiger partial charge in [-0.1, -0.05) is 18.7 Å². The number of rotatable bonds is 5. The second-order valence-electron chi connectivity index (χ2n) is 4.37. The van der Waals surface area contributed by atoms with E-state index in [0.29, 0.717) is 16.9 Å². The van der Waals surface area contributed by atoms with Gasteiger partial charge in [-0.25, -0.2) is 0 Å². The molecule has 0 unspecified atom stereocenters. The van der Waals surface area contributed by atoms with E-state index in [1.54, 1.807) is 31.4 Å². The van der Waals surface area contributed by atoms with Crippen molar-refractivity contribution in [3.05, 3.63) is 66.2 Å². The predicted molar refractivity (Wildman–Crippen MR) is 83.5 cm³/mol. The first-order valence-corrected chi connectivity index (χ1v) is 6.36. The molecule has 0 fully saturated rings. The maximum atomic E-state index is 12.0. The van der Waals surface area contributed by atoms with Crippen molar-refractivity contribution in [2.75, 3.05) is 12.8 Å². The highest BCUT2D eigenvalue weighted by Crippen LogP contribution is 2.15. The zero-order valence-electron chi connectivity index (χ0n) is 11.7. The lowest BCUT2D eigenvalue weighted by Crippen LogP contribution is -2.36. The lowest BCUT2D eigenvalue weighted by Gasteiger charge is -2.12. The van der Waals surface area contributed by atoms with Crippen molar-refractivity contribution in [1.29, 1.82) is 0 Å². The number of para-hydroxylation sites is 1. The van der Waals surface area contributed by atoms with Crippen LogP contribution in [0.5, 0.6) is 5.75 Å². The van der Waals surface area contributed by atoms with Crippen LogP contribution in [-0.2, 0) is 0 Å². The molecule has 0 aliphatic heterocycles. The molecule has 0 saturated carbocycles. The normalized spacial score (nSPS) is 9.76. The summed E-state index contributed by atoms with van der Waals surface area (Å²) in [4.78, 5) is 12.0. The maximum absolute atomic E-state index is 12.0. The Morgan fingerprint density at radius 1 is 1.10 bits per heavy atom. The number of nitrogens with one attached hydrogen (secondary N) is 2. The number of anilines is 1. The first-order chi connectivity index (χ1) is 10.1. The average molecular weight is 283 g/mol. The fourth-order valence-corrected chi connectivity index (χ4v) is 1.77. The third-order valence-corrected chi connectivity index (χ3v) is 2.97. The molecular weight excluding hydrogens is 266 g/mol. The van der Waals surface area contributed by atoms with E-state index in [0.717, 1.165) is 11.3 Å². The summed E-state index contributed by atoms with van der Waals surface area (Å²) in [6.07, 6.45) is 0. The number of nitrogens with two attached hydrogens (primary N) is 1. The van der Waals surface area contributed by atoms with E-state index in [4.69, 9.17) is 10.5 Å². The second-order valence-corrected chi connectivity index (χ2v) is 4.37. The van der Waals surface area contributed by atoms with Crippen molar-refractivity contribution in [1.82, 2.24) is 10.9 Å². The van der Waals surface area contributed by atoms with Crippen molar-refractivity contribution in [3.8, 4) is 5.75 Å². The number of hydrazine groups is 1. The van der Waals surface area contributed by atoms with Crippen molar-refractivity contribution in [2.45, 2.75) is 0 Å². The molecule has 108 valence electrons. The van der Waals surface area contributed by atoms with Crippen molar-refractivity contribution < 1.29 is 9.53 Å². The van der Waals surface area contributed by atoms with Crippen LogP contribution in [0, 0.1) is 0 Å². The lowest BCUT2D eigenvalue weighted by molar-refractivity contribution is 0.0943. The molecule has 5 nitrogen and oxygen atoms in total. The molecular formula is C16H17N3O2. The highest BCUT2D eigenvalue weighted by Gasteiger charge is 2.08. The largest absolute Gasteiger partial charge is 0.497 e. The molecule has 0 atom stereocenters. The molecule has 5 heteroatoms. The van der Waals surface area contributed by atoms with Gasteiger partial charge in [0.25, 0.3) is 5.91 Å². The Morgan fingerprint density at radius 2 is 1.76 bits per heavy atom.